The first-order valence-electron chi connectivity index (χ1n) is 8.50. The van der Waals surface area contributed by atoms with Gasteiger partial charge in [0.1, 0.15) is 11.9 Å². The molecule has 5 nitrogen and oxygen atoms in total. The van der Waals surface area contributed by atoms with Crippen molar-refractivity contribution in [2.24, 2.45) is 0 Å². The highest BCUT2D eigenvalue weighted by molar-refractivity contribution is 5.80. The van der Waals surface area contributed by atoms with Gasteiger partial charge in [0, 0.05) is 6.20 Å². The van der Waals surface area contributed by atoms with Crippen LogP contribution in [0.15, 0.2) is 42.6 Å². The number of esters is 1. The van der Waals surface area contributed by atoms with Gasteiger partial charge in [-0.3, -0.25) is 4.98 Å². The van der Waals surface area contributed by atoms with E-state index >= 15 is 0 Å². The fraction of sp³-hybridized carbons (Fsp3) is 0.400. The highest BCUT2D eigenvalue weighted by Gasteiger charge is 2.34. The first kappa shape index (κ1) is 18.9. The van der Waals surface area contributed by atoms with E-state index < -0.39 is 11.6 Å². The SMILES string of the molecule is CCOC(=O)C(C)(O)c1cccc(OC(C)c2ccc(CC)cn2)c1. The third kappa shape index (κ3) is 4.57. The molecule has 2 aromatic rings. The van der Waals surface area contributed by atoms with Crippen LogP contribution in [0.4, 0.5) is 0 Å². The van der Waals surface area contributed by atoms with Crippen molar-refractivity contribution >= 4 is 5.97 Å². The zero-order valence-corrected chi connectivity index (χ0v) is 15.2. The molecule has 0 saturated carbocycles. The minimum Gasteiger partial charge on any atom is -0.484 e. The van der Waals surface area contributed by atoms with Crippen molar-refractivity contribution in [2.45, 2.75) is 45.8 Å². The summed E-state index contributed by atoms with van der Waals surface area (Å²) in [6.45, 7) is 7.31. The second-order valence-electron chi connectivity index (χ2n) is 6.03. The second-order valence-corrected chi connectivity index (χ2v) is 6.03. The van der Waals surface area contributed by atoms with Crippen LogP contribution in [0.5, 0.6) is 5.75 Å². The average molecular weight is 343 g/mol. The van der Waals surface area contributed by atoms with Crippen molar-refractivity contribution in [3.8, 4) is 5.75 Å². The number of hydrogen-bond donors (Lipinski definition) is 1. The maximum atomic E-state index is 12.0. The van der Waals surface area contributed by atoms with Crippen molar-refractivity contribution in [3.05, 3.63) is 59.4 Å². The molecule has 0 fully saturated rings. The van der Waals surface area contributed by atoms with Crippen LogP contribution in [0.2, 0.25) is 0 Å². The van der Waals surface area contributed by atoms with Crippen molar-refractivity contribution in [2.75, 3.05) is 6.61 Å². The average Bonchev–Trinajstić information content (AvgIpc) is 2.62. The van der Waals surface area contributed by atoms with Gasteiger partial charge in [0.2, 0.25) is 0 Å². The third-order valence-corrected chi connectivity index (χ3v) is 4.05. The molecular formula is C20H25NO4. The fourth-order valence-corrected chi connectivity index (χ4v) is 2.41. The van der Waals surface area contributed by atoms with Crippen LogP contribution >= 0.6 is 0 Å². The number of benzene rings is 1. The van der Waals surface area contributed by atoms with Crippen molar-refractivity contribution in [3.63, 3.8) is 0 Å². The van der Waals surface area contributed by atoms with Gasteiger partial charge in [-0.05, 0) is 56.5 Å². The zero-order chi connectivity index (χ0) is 18.4. The minimum absolute atomic E-state index is 0.210. The van der Waals surface area contributed by atoms with Crippen LogP contribution in [-0.2, 0) is 21.6 Å². The first-order valence-corrected chi connectivity index (χ1v) is 8.50. The van der Waals surface area contributed by atoms with Crippen molar-refractivity contribution < 1.29 is 19.4 Å². The zero-order valence-electron chi connectivity index (χ0n) is 15.2. The van der Waals surface area contributed by atoms with Gasteiger partial charge in [0.25, 0.3) is 0 Å². The molecule has 0 aliphatic carbocycles. The molecular weight excluding hydrogens is 318 g/mol. The number of rotatable bonds is 7. The van der Waals surface area contributed by atoms with Gasteiger partial charge < -0.3 is 14.6 Å². The lowest BCUT2D eigenvalue weighted by molar-refractivity contribution is -0.164. The Kier molecular flexibility index (Phi) is 6.15. The van der Waals surface area contributed by atoms with Gasteiger partial charge in [0.05, 0.1) is 12.3 Å². The quantitative estimate of drug-likeness (QED) is 0.779. The van der Waals surface area contributed by atoms with Crippen molar-refractivity contribution in [1.82, 2.24) is 4.98 Å². The van der Waals surface area contributed by atoms with E-state index in [1.54, 1.807) is 31.2 Å². The first-order chi connectivity index (χ1) is 11.9. The van der Waals surface area contributed by atoms with Gasteiger partial charge in [0.15, 0.2) is 5.60 Å². The van der Waals surface area contributed by atoms with Gasteiger partial charge in [-0.15, -0.1) is 0 Å². The molecule has 2 unspecified atom stereocenters. The largest absolute Gasteiger partial charge is 0.484 e. The van der Waals surface area contributed by atoms with E-state index in [4.69, 9.17) is 9.47 Å². The summed E-state index contributed by atoms with van der Waals surface area (Å²) in [6.07, 6.45) is 2.53. The highest BCUT2D eigenvalue weighted by atomic mass is 16.5. The molecule has 1 N–H and O–H groups in total. The van der Waals surface area contributed by atoms with Crippen LogP contribution in [-0.4, -0.2) is 22.7 Å². The summed E-state index contributed by atoms with van der Waals surface area (Å²) in [6, 6.07) is 10.8. The summed E-state index contributed by atoms with van der Waals surface area (Å²) in [5.74, 6) is -0.132. The maximum absolute atomic E-state index is 12.0. The number of nitrogens with zero attached hydrogens (tertiary/aromatic N) is 1. The Bertz CT molecular complexity index is 710. The Labute approximate surface area is 148 Å². The number of aromatic nitrogens is 1. The van der Waals surface area contributed by atoms with E-state index in [1.165, 1.54) is 12.5 Å². The number of aliphatic hydroxyl groups is 1. The fourth-order valence-electron chi connectivity index (χ4n) is 2.41. The van der Waals surface area contributed by atoms with Crippen LogP contribution in [0.3, 0.4) is 0 Å². The number of aryl methyl sites for hydroxylation is 1. The maximum Gasteiger partial charge on any atom is 0.342 e. The summed E-state index contributed by atoms with van der Waals surface area (Å²) < 4.78 is 10.9. The van der Waals surface area contributed by atoms with Gasteiger partial charge in [-0.1, -0.05) is 25.1 Å². The summed E-state index contributed by atoms with van der Waals surface area (Å²) >= 11 is 0. The van der Waals surface area contributed by atoms with E-state index in [0.29, 0.717) is 11.3 Å². The number of carbonyl (C=O) groups excluding carboxylic acids is 1. The van der Waals surface area contributed by atoms with Crippen LogP contribution < -0.4 is 4.74 Å². The lowest BCUT2D eigenvalue weighted by Crippen LogP contribution is -2.34. The second kappa shape index (κ2) is 8.12. The number of carbonyl (C=O) groups is 1. The summed E-state index contributed by atoms with van der Waals surface area (Å²) in [5, 5.41) is 10.5. The number of hydrogen-bond acceptors (Lipinski definition) is 5. The molecule has 25 heavy (non-hydrogen) atoms. The molecule has 134 valence electrons. The van der Waals surface area contributed by atoms with E-state index in [9.17, 15) is 9.90 Å². The Hall–Kier alpha value is -2.40. The van der Waals surface area contributed by atoms with Crippen LogP contribution in [0.1, 0.15) is 50.6 Å². The molecule has 0 radical (unpaired) electrons. The molecule has 5 heteroatoms. The molecule has 0 bridgehead atoms. The lowest BCUT2D eigenvalue weighted by Gasteiger charge is -2.22. The molecule has 0 saturated heterocycles. The molecule has 1 heterocycles. The Balaban J connectivity index is 2.16. The monoisotopic (exact) mass is 343 g/mol. The van der Waals surface area contributed by atoms with E-state index in [-0.39, 0.29) is 12.7 Å². The summed E-state index contributed by atoms with van der Waals surface area (Å²) in [4.78, 5) is 16.4. The molecule has 1 aromatic carbocycles. The molecule has 2 atom stereocenters. The Morgan fingerprint density at radius 3 is 2.64 bits per heavy atom. The summed E-state index contributed by atoms with van der Waals surface area (Å²) in [5.41, 5.74) is 0.688. The Morgan fingerprint density at radius 2 is 2.04 bits per heavy atom. The molecule has 0 amide bonds. The van der Waals surface area contributed by atoms with E-state index in [0.717, 1.165) is 12.1 Å². The molecule has 0 aliphatic rings. The standard InChI is InChI=1S/C20H25NO4/c1-5-15-10-11-18(21-13-15)14(3)25-17-9-7-8-16(12-17)20(4,23)19(22)24-6-2/h7-14,23H,5-6H2,1-4H3. The van der Waals surface area contributed by atoms with Crippen molar-refractivity contribution in [1.29, 1.82) is 0 Å². The molecule has 2 rings (SSSR count). The third-order valence-electron chi connectivity index (χ3n) is 4.05. The van der Waals surface area contributed by atoms with Crippen LogP contribution in [0.25, 0.3) is 0 Å². The lowest BCUT2D eigenvalue weighted by atomic mass is 9.96. The number of pyridine rings is 1. The van der Waals surface area contributed by atoms with E-state index in [1.807, 2.05) is 25.3 Å². The van der Waals surface area contributed by atoms with Crippen LogP contribution in [0, 0.1) is 0 Å². The summed E-state index contributed by atoms with van der Waals surface area (Å²) in [7, 11) is 0. The van der Waals surface area contributed by atoms with Gasteiger partial charge in [-0.25, -0.2) is 4.79 Å². The normalized spacial score (nSPS) is 14.4. The number of ether oxygens (including phenoxy) is 2. The molecule has 0 aliphatic heterocycles. The predicted octanol–water partition coefficient (Wildman–Crippen LogP) is 3.55. The highest BCUT2D eigenvalue weighted by Crippen LogP contribution is 2.28. The molecule has 0 spiro atoms. The van der Waals surface area contributed by atoms with Gasteiger partial charge >= 0.3 is 5.97 Å². The smallest absolute Gasteiger partial charge is 0.342 e. The van der Waals surface area contributed by atoms with E-state index in [2.05, 4.69) is 11.9 Å². The predicted molar refractivity (Wildman–Crippen MR) is 95.3 cm³/mol. The van der Waals surface area contributed by atoms with Gasteiger partial charge in [-0.2, -0.15) is 0 Å². The minimum atomic E-state index is -1.72. The Morgan fingerprint density at radius 1 is 1.28 bits per heavy atom. The molecule has 1 aromatic heterocycles. The topological polar surface area (TPSA) is 68.7 Å².